The molecule has 108 valence electrons. The quantitative estimate of drug-likeness (QED) is 0.549. The van der Waals surface area contributed by atoms with Gasteiger partial charge >= 0.3 is 41.2 Å². The molecule has 0 atom stereocenters. The average Bonchev–Trinajstić information content (AvgIpc) is 2.38. The van der Waals surface area contributed by atoms with Gasteiger partial charge in [-0.2, -0.15) is 0 Å². The first kappa shape index (κ1) is 17.7. The molecule has 9 heteroatoms. The van der Waals surface area contributed by atoms with Crippen LogP contribution >= 0.6 is 0 Å². The normalized spacial score (nSPS) is 15.2. The van der Waals surface area contributed by atoms with E-state index in [1.165, 1.54) is 0 Å². The van der Waals surface area contributed by atoms with Crippen LogP contribution in [-0.2, 0) is 0 Å². The van der Waals surface area contributed by atoms with Crippen LogP contribution in [0.4, 0.5) is 0 Å². The molecule has 0 aliphatic heterocycles. The molecule has 1 aliphatic rings. The second kappa shape index (κ2) is 7.06. The predicted molar refractivity (Wildman–Crippen MR) is 64.7 cm³/mol. The van der Waals surface area contributed by atoms with Crippen LogP contribution in [0.3, 0.4) is 0 Å². The number of hydrogen-bond acceptors (Lipinski definition) is 5. The molecule has 1 saturated carbocycles. The SMILES string of the molecule is O=C([O-])c1[nH]c(=O)n(C2CCCCC2)c(=O)c1C(=O)O.[Na+]. The van der Waals surface area contributed by atoms with E-state index in [2.05, 4.69) is 0 Å². The first-order chi connectivity index (χ1) is 9.43. The smallest absolute Gasteiger partial charge is 0.543 e. The molecular weight excluding hydrogens is 291 g/mol. The van der Waals surface area contributed by atoms with E-state index in [4.69, 9.17) is 5.11 Å². The van der Waals surface area contributed by atoms with Crippen molar-refractivity contribution in [1.82, 2.24) is 9.55 Å². The van der Waals surface area contributed by atoms with Crippen LogP contribution in [0.2, 0.25) is 0 Å². The Kier molecular flexibility index (Phi) is 5.94. The van der Waals surface area contributed by atoms with Crippen molar-refractivity contribution in [3.05, 3.63) is 32.1 Å². The third kappa shape index (κ3) is 3.45. The number of H-pyrrole nitrogens is 1. The maximum Gasteiger partial charge on any atom is 1.00 e. The number of nitrogens with one attached hydrogen (secondary N) is 1. The summed E-state index contributed by atoms with van der Waals surface area (Å²) < 4.78 is 0.815. The second-order valence-electron chi connectivity index (χ2n) is 4.74. The predicted octanol–water partition coefficient (Wildman–Crippen LogP) is -3.89. The fraction of sp³-hybridized carbons (Fsp3) is 0.500. The van der Waals surface area contributed by atoms with Crippen molar-refractivity contribution < 1.29 is 49.4 Å². The van der Waals surface area contributed by atoms with Gasteiger partial charge < -0.3 is 20.0 Å². The number of carboxylic acid groups (broad SMARTS) is 2. The molecule has 8 nitrogen and oxygen atoms in total. The minimum Gasteiger partial charge on any atom is -0.543 e. The van der Waals surface area contributed by atoms with Crippen molar-refractivity contribution in [3.8, 4) is 0 Å². The Labute approximate surface area is 141 Å². The first-order valence-electron chi connectivity index (χ1n) is 6.27. The maximum absolute atomic E-state index is 12.1. The summed E-state index contributed by atoms with van der Waals surface area (Å²) in [4.78, 5) is 47.8. The number of aromatic amines is 1. The number of carboxylic acids is 2. The minimum absolute atomic E-state index is 0. The Bertz CT molecular complexity index is 671. The summed E-state index contributed by atoms with van der Waals surface area (Å²) in [5.41, 5.74) is -3.95. The van der Waals surface area contributed by atoms with E-state index in [0.717, 1.165) is 23.8 Å². The van der Waals surface area contributed by atoms with E-state index in [1.807, 2.05) is 4.98 Å². The van der Waals surface area contributed by atoms with Crippen molar-refractivity contribution in [2.24, 2.45) is 0 Å². The third-order valence-corrected chi connectivity index (χ3v) is 3.49. The molecule has 1 fully saturated rings. The van der Waals surface area contributed by atoms with E-state index in [9.17, 15) is 24.3 Å². The van der Waals surface area contributed by atoms with Gasteiger partial charge in [0.1, 0.15) is 0 Å². The van der Waals surface area contributed by atoms with E-state index in [0.29, 0.717) is 12.8 Å². The maximum atomic E-state index is 12.1. The van der Waals surface area contributed by atoms with Crippen LogP contribution in [0.15, 0.2) is 9.59 Å². The molecule has 1 aliphatic carbocycles. The molecule has 0 bridgehead atoms. The molecule has 0 saturated heterocycles. The fourth-order valence-corrected chi connectivity index (χ4v) is 2.57. The molecule has 0 amide bonds. The second-order valence-corrected chi connectivity index (χ2v) is 4.74. The van der Waals surface area contributed by atoms with Gasteiger partial charge in [-0.3, -0.25) is 9.36 Å². The van der Waals surface area contributed by atoms with Crippen LogP contribution in [0, 0.1) is 0 Å². The van der Waals surface area contributed by atoms with E-state index in [1.54, 1.807) is 0 Å². The fourth-order valence-electron chi connectivity index (χ4n) is 2.57. The molecular formula is C12H13N2NaO6. The van der Waals surface area contributed by atoms with Crippen LogP contribution < -0.4 is 45.9 Å². The van der Waals surface area contributed by atoms with Crippen molar-refractivity contribution in [3.63, 3.8) is 0 Å². The standard InChI is InChI=1S/C12H14N2O6.Na/c15-9-7(10(16)17)8(11(18)19)13-12(20)14(9)6-4-2-1-3-5-6;/h6H,1-5H2,(H,13,20)(H,16,17)(H,18,19);/q;+1/p-1. The average molecular weight is 304 g/mol. The number of carbonyl (C=O) groups excluding carboxylic acids is 1. The Morgan fingerprint density at radius 2 is 1.76 bits per heavy atom. The molecule has 1 aromatic heterocycles. The number of nitrogens with zero attached hydrogens (tertiary/aromatic N) is 1. The van der Waals surface area contributed by atoms with Crippen LogP contribution in [-0.4, -0.2) is 26.6 Å². The number of aromatic carboxylic acids is 2. The molecule has 1 heterocycles. The van der Waals surface area contributed by atoms with Gasteiger partial charge in [0.15, 0.2) is 5.56 Å². The zero-order valence-corrected chi connectivity index (χ0v) is 13.5. The summed E-state index contributed by atoms with van der Waals surface area (Å²) in [6, 6.07) is -0.395. The summed E-state index contributed by atoms with van der Waals surface area (Å²) in [6.07, 6.45) is 3.84. The van der Waals surface area contributed by atoms with Crippen LogP contribution in [0.5, 0.6) is 0 Å². The Balaban J connectivity index is 0.00000220. The summed E-state index contributed by atoms with van der Waals surface area (Å²) in [7, 11) is 0. The zero-order chi connectivity index (χ0) is 14.9. The third-order valence-electron chi connectivity index (χ3n) is 3.49. The van der Waals surface area contributed by atoms with Gasteiger partial charge in [0.2, 0.25) is 0 Å². The first-order valence-corrected chi connectivity index (χ1v) is 6.27. The molecule has 0 spiro atoms. The van der Waals surface area contributed by atoms with Crippen molar-refractivity contribution in [2.45, 2.75) is 38.1 Å². The molecule has 21 heavy (non-hydrogen) atoms. The number of aromatic nitrogens is 2. The number of carbonyl (C=O) groups is 2. The largest absolute Gasteiger partial charge is 1.00 e. The minimum atomic E-state index is -1.90. The van der Waals surface area contributed by atoms with Gasteiger partial charge in [-0.25, -0.2) is 9.59 Å². The molecule has 0 radical (unpaired) electrons. The van der Waals surface area contributed by atoms with Gasteiger partial charge in [-0.05, 0) is 12.8 Å². The van der Waals surface area contributed by atoms with Gasteiger partial charge in [0.05, 0.1) is 11.7 Å². The molecule has 1 aromatic rings. The van der Waals surface area contributed by atoms with E-state index < -0.39 is 40.5 Å². The van der Waals surface area contributed by atoms with Gasteiger partial charge in [-0.15, -0.1) is 0 Å². The Hall–Kier alpha value is -1.38. The van der Waals surface area contributed by atoms with Crippen LogP contribution in [0.25, 0.3) is 0 Å². The summed E-state index contributed by atoms with van der Waals surface area (Å²) in [5.74, 6) is -3.59. The van der Waals surface area contributed by atoms with Gasteiger partial charge in [-0.1, -0.05) is 19.3 Å². The van der Waals surface area contributed by atoms with Crippen molar-refractivity contribution in [1.29, 1.82) is 0 Å². The monoisotopic (exact) mass is 304 g/mol. The van der Waals surface area contributed by atoms with E-state index >= 15 is 0 Å². The number of rotatable bonds is 3. The van der Waals surface area contributed by atoms with E-state index in [-0.39, 0.29) is 29.6 Å². The van der Waals surface area contributed by atoms with Crippen LogP contribution in [0.1, 0.15) is 59.0 Å². The Morgan fingerprint density at radius 3 is 2.24 bits per heavy atom. The summed E-state index contributed by atoms with van der Waals surface area (Å²) in [6.45, 7) is 0. The van der Waals surface area contributed by atoms with Gasteiger partial charge in [0.25, 0.3) is 5.56 Å². The number of hydrogen-bond donors (Lipinski definition) is 2. The Morgan fingerprint density at radius 1 is 1.19 bits per heavy atom. The van der Waals surface area contributed by atoms with Crippen molar-refractivity contribution in [2.75, 3.05) is 0 Å². The molecule has 2 rings (SSSR count). The molecule has 0 aromatic carbocycles. The molecule has 0 unspecified atom stereocenters. The van der Waals surface area contributed by atoms with Crippen molar-refractivity contribution >= 4 is 11.9 Å². The summed E-state index contributed by atoms with van der Waals surface area (Å²) in [5, 5.41) is 19.8. The zero-order valence-electron chi connectivity index (χ0n) is 11.5. The topological polar surface area (TPSA) is 132 Å². The summed E-state index contributed by atoms with van der Waals surface area (Å²) >= 11 is 0. The molecule has 2 N–H and O–H groups in total. The van der Waals surface area contributed by atoms with Gasteiger partial charge in [0, 0.05) is 6.04 Å².